The Morgan fingerprint density at radius 2 is 1.77 bits per heavy atom. The van der Waals surface area contributed by atoms with Gasteiger partial charge in [0, 0.05) is 12.0 Å². The van der Waals surface area contributed by atoms with Gasteiger partial charge < -0.3 is 10.8 Å². The van der Waals surface area contributed by atoms with Gasteiger partial charge in [-0.2, -0.15) is 0 Å². The van der Waals surface area contributed by atoms with Crippen LogP contribution in [0, 0.1) is 0 Å². The molecule has 0 aromatic heterocycles. The molecule has 6 nitrogen and oxygen atoms in total. The fourth-order valence-electron chi connectivity index (χ4n) is 2.09. The zero-order valence-electron chi connectivity index (χ0n) is 11.8. The molecule has 0 saturated carbocycles. The van der Waals surface area contributed by atoms with Crippen molar-refractivity contribution < 1.29 is 19.5 Å². The Bertz CT molecular complexity index is 722. The number of carbonyl (C=O) groups is 3. The lowest BCUT2D eigenvalue weighted by Gasteiger charge is -2.08. The number of hydrogen-bond donors (Lipinski definition) is 3. The minimum absolute atomic E-state index is 0.0238. The van der Waals surface area contributed by atoms with E-state index in [9.17, 15) is 14.4 Å². The number of aliphatic carboxylic acids is 1. The molecule has 0 heterocycles. The molecule has 1 atom stereocenters. The third kappa shape index (κ3) is 3.67. The molecule has 2 aromatic rings. The van der Waals surface area contributed by atoms with E-state index in [1.165, 1.54) is 0 Å². The van der Waals surface area contributed by atoms with Crippen molar-refractivity contribution in [3.05, 3.63) is 48.0 Å². The number of carbonyl (C=O) groups excluding carboxylic acids is 2. The lowest BCUT2D eigenvalue weighted by Crippen LogP contribution is -2.34. The van der Waals surface area contributed by atoms with Crippen LogP contribution in [0.2, 0.25) is 0 Å². The Morgan fingerprint density at radius 3 is 2.50 bits per heavy atom. The first-order chi connectivity index (χ1) is 10.5. The van der Waals surface area contributed by atoms with Crippen LogP contribution < -0.4 is 11.1 Å². The van der Waals surface area contributed by atoms with E-state index in [-0.39, 0.29) is 12.8 Å². The first-order valence-electron chi connectivity index (χ1n) is 6.79. The lowest BCUT2D eigenvalue weighted by molar-refractivity contribution is -0.138. The maximum absolute atomic E-state index is 12.2. The molecular weight excluding hydrogens is 284 g/mol. The summed E-state index contributed by atoms with van der Waals surface area (Å²) < 4.78 is 0. The highest BCUT2D eigenvalue weighted by Gasteiger charge is 2.16. The minimum atomic E-state index is -1.17. The molecule has 2 rings (SSSR count). The summed E-state index contributed by atoms with van der Waals surface area (Å²) in [5.41, 5.74) is 5.71. The predicted molar refractivity (Wildman–Crippen MR) is 81.3 cm³/mol. The van der Waals surface area contributed by atoms with E-state index in [0.29, 0.717) is 5.56 Å². The number of rotatable bonds is 5. The topological polar surface area (TPSA) is 109 Å². The normalized spacial score (nSPS) is 11.9. The first kappa shape index (κ1) is 15.7. The molecule has 2 amide bonds. The number of benzene rings is 2. The second-order valence-electron chi connectivity index (χ2n) is 4.89. The number of imide groups is 1. The van der Waals surface area contributed by atoms with Gasteiger partial charge in [-0.3, -0.25) is 19.7 Å². The number of nitrogens with two attached hydrogens (primary N) is 1. The van der Waals surface area contributed by atoms with E-state index in [4.69, 9.17) is 10.8 Å². The summed E-state index contributed by atoms with van der Waals surface area (Å²) in [6, 6.07) is 11.5. The van der Waals surface area contributed by atoms with E-state index in [2.05, 4.69) is 5.32 Å². The Labute approximate surface area is 126 Å². The molecule has 0 fully saturated rings. The van der Waals surface area contributed by atoms with E-state index >= 15 is 0 Å². The summed E-state index contributed by atoms with van der Waals surface area (Å²) in [6.07, 6.45) is -0.145. The smallest absolute Gasteiger partial charge is 0.320 e. The van der Waals surface area contributed by atoms with Crippen molar-refractivity contribution in [2.24, 2.45) is 5.73 Å². The second kappa shape index (κ2) is 6.82. The van der Waals surface area contributed by atoms with Gasteiger partial charge in [0.1, 0.15) is 6.04 Å². The van der Waals surface area contributed by atoms with Crippen LogP contribution in [0.1, 0.15) is 23.2 Å². The Morgan fingerprint density at radius 1 is 1.09 bits per heavy atom. The monoisotopic (exact) mass is 300 g/mol. The lowest BCUT2D eigenvalue weighted by atomic mass is 10.0. The first-order valence-corrected chi connectivity index (χ1v) is 6.79. The SMILES string of the molecule is N[C@@H](CCC(=O)NC(=O)c1cccc2ccccc12)C(=O)O. The highest BCUT2D eigenvalue weighted by atomic mass is 16.4. The standard InChI is InChI=1S/C16H16N2O4/c17-13(16(21)22)8-9-14(19)18-15(20)12-7-3-5-10-4-1-2-6-11(10)12/h1-7,13H,8-9,17H2,(H,21,22)(H,18,19,20)/t13-/m0/s1. The number of amides is 2. The van der Waals surface area contributed by atoms with E-state index in [1.807, 2.05) is 24.3 Å². The summed E-state index contributed by atoms with van der Waals surface area (Å²) in [7, 11) is 0. The zero-order valence-corrected chi connectivity index (χ0v) is 11.8. The molecule has 0 bridgehead atoms. The number of hydrogen-bond acceptors (Lipinski definition) is 4. The molecular formula is C16H16N2O4. The van der Waals surface area contributed by atoms with E-state index < -0.39 is 23.8 Å². The molecule has 4 N–H and O–H groups in total. The van der Waals surface area contributed by atoms with Crippen molar-refractivity contribution in [2.45, 2.75) is 18.9 Å². The predicted octanol–water partition coefficient (Wildman–Crippen LogP) is 1.29. The summed E-state index contributed by atoms with van der Waals surface area (Å²) >= 11 is 0. The van der Waals surface area contributed by atoms with Gasteiger partial charge in [0.05, 0.1) is 0 Å². The van der Waals surface area contributed by atoms with Crippen molar-refractivity contribution in [1.29, 1.82) is 0 Å². The maximum Gasteiger partial charge on any atom is 0.320 e. The molecule has 0 aliphatic carbocycles. The number of fused-ring (bicyclic) bond motifs is 1. The molecule has 114 valence electrons. The van der Waals surface area contributed by atoms with Crippen LogP contribution in [0.3, 0.4) is 0 Å². The van der Waals surface area contributed by atoms with Gasteiger partial charge in [0.2, 0.25) is 5.91 Å². The van der Waals surface area contributed by atoms with Gasteiger partial charge in [0.15, 0.2) is 0 Å². The molecule has 0 radical (unpaired) electrons. The van der Waals surface area contributed by atoms with Crippen LogP contribution in [-0.2, 0) is 9.59 Å². The van der Waals surface area contributed by atoms with Gasteiger partial charge in [-0.25, -0.2) is 0 Å². The molecule has 0 aliphatic rings. The van der Waals surface area contributed by atoms with Crippen LogP contribution in [0.5, 0.6) is 0 Å². The third-order valence-electron chi connectivity index (χ3n) is 3.29. The summed E-state index contributed by atoms with van der Waals surface area (Å²) in [4.78, 5) is 34.5. The average Bonchev–Trinajstić information content (AvgIpc) is 2.51. The zero-order chi connectivity index (χ0) is 16.1. The highest BCUT2D eigenvalue weighted by Crippen LogP contribution is 2.18. The molecule has 0 unspecified atom stereocenters. The van der Waals surface area contributed by atoms with E-state index in [0.717, 1.165) is 10.8 Å². The van der Waals surface area contributed by atoms with Crippen LogP contribution in [-0.4, -0.2) is 28.9 Å². The Kier molecular flexibility index (Phi) is 4.85. The molecule has 0 spiro atoms. The fourth-order valence-corrected chi connectivity index (χ4v) is 2.09. The van der Waals surface area contributed by atoms with Crippen molar-refractivity contribution in [2.75, 3.05) is 0 Å². The van der Waals surface area contributed by atoms with Gasteiger partial charge in [0.25, 0.3) is 5.91 Å². The molecule has 0 aliphatic heterocycles. The average molecular weight is 300 g/mol. The fraction of sp³-hybridized carbons (Fsp3) is 0.188. The van der Waals surface area contributed by atoms with Crippen LogP contribution in [0.4, 0.5) is 0 Å². The third-order valence-corrected chi connectivity index (χ3v) is 3.29. The largest absolute Gasteiger partial charge is 0.480 e. The van der Waals surface area contributed by atoms with Gasteiger partial charge >= 0.3 is 5.97 Å². The molecule has 6 heteroatoms. The van der Waals surface area contributed by atoms with Crippen LogP contribution >= 0.6 is 0 Å². The summed E-state index contributed by atoms with van der Waals surface area (Å²) in [6.45, 7) is 0. The van der Waals surface area contributed by atoms with Crippen LogP contribution in [0.15, 0.2) is 42.5 Å². The molecule has 22 heavy (non-hydrogen) atoms. The quantitative estimate of drug-likeness (QED) is 0.770. The van der Waals surface area contributed by atoms with Gasteiger partial charge in [-0.05, 0) is 23.3 Å². The molecule has 2 aromatic carbocycles. The number of carboxylic acids is 1. The number of nitrogens with one attached hydrogen (secondary N) is 1. The second-order valence-corrected chi connectivity index (χ2v) is 4.89. The Hall–Kier alpha value is -2.73. The van der Waals surface area contributed by atoms with Crippen molar-refractivity contribution in [3.8, 4) is 0 Å². The van der Waals surface area contributed by atoms with E-state index in [1.54, 1.807) is 18.2 Å². The van der Waals surface area contributed by atoms with Crippen molar-refractivity contribution in [3.63, 3.8) is 0 Å². The summed E-state index contributed by atoms with van der Waals surface area (Å²) in [5, 5.41) is 12.6. The minimum Gasteiger partial charge on any atom is -0.480 e. The van der Waals surface area contributed by atoms with Gasteiger partial charge in [-0.1, -0.05) is 36.4 Å². The van der Waals surface area contributed by atoms with Crippen LogP contribution in [0.25, 0.3) is 10.8 Å². The molecule has 0 saturated heterocycles. The number of carboxylic acid groups (broad SMARTS) is 1. The van der Waals surface area contributed by atoms with Crippen molar-refractivity contribution >= 4 is 28.6 Å². The maximum atomic E-state index is 12.2. The summed E-state index contributed by atoms with van der Waals surface area (Å²) in [5.74, 6) is -2.23. The Balaban J connectivity index is 2.05. The van der Waals surface area contributed by atoms with Crippen molar-refractivity contribution in [1.82, 2.24) is 5.32 Å². The highest BCUT2D eigenvalue weighted by molar-refractivity contribution is 6.12. The van der Waals surface area contributed by atoms with Gasteiger partial charge in [-0.15, -0.1) is 0 Å².